The quantitative estimate of drug-likeness (QED) is 0.678. The SMILES string of the molecule is Cc1ccnn1CCCNC(=O)c1cccc(Cn2cccn2)c1. The van der Waals surface area contributed by atoms with Crippen molar-refractivity contribution in [2.24, 2.45) is 0 Å². The summed E-state index contributed by atoms with van der Waals surface area (Å²) in [5, 5.41) is 11.4. The molecule has 0 spiro atoms. The molecule has 0 bridgehead atoms. The first-order chi connectivity index (χ1) is 11.7. The maximum Gasteiger partial charge on any atom is 0.251 e. The molecule has 3 aromatic rings. The van der Waals surface area contributed by atoms with E-state index < -0.39 is 0 Å². The fourth-order valence-corrected chi connectivity index (χ4v) is 2.56. The van der Waals surface area contributed by atoms with Crippen molar-refractivity contribution in [3.63, 3.8) is 0 Å². The lowest BCUT2D eigenvalue weighted by atomic mass is 10.1. The van der Waals surface area contributed by atoms with Crippen molar-refractivity contribution in [1.29, 1.82) is 0 Å². The monoisotopic (exact) mass is 323 g/mol. The van der Waals surface area contributed by atoms with Gasteiger partial charge in [0.2, 0.25) is 0 Å². The molecule has 6 heteroatoms. The van der Waals surface area contributed by atoms with Gasteiger partial charge in [0.05, 0.1) is 6.54 Å². The lowest BCUT2D eigenvalue weighted by Gasteiger charge is -2.08. The molecule has 3 rings (SSSR count). The average Bonchev–Trinajstić information content (AvgIpc) is 3.24. The summed E-state index contributed by atoms with van der Waals surface area (Å²) in [4.78, 5) is 12.3. The number of hydrogen-bond donors (Lipinski definition) is 1. The Morgan fingerprint density at radius 3 is 2.83 bits per heavy atom. The first-order valence-corrected chi connectivity index (χ1v) is 8.05. The maximum absolute atomic E-state index is 12.3. The topological polar surface area (TPSA) is 64.7 Å². The van der Waals surface area contributed by atoms with Crippen LogP contribution in [0.15, 0.2) is 55.0 Å². The highest BCUT2D eigenvalue weighted by molar-refractivity contribution is 5.94. The standard InChI is InChI=1S/C18H21N5O/c1-15-7-10-21-23(15)12-3-8-19-18(24)17-6-2-5-16(13-17)14-22-11-4-9-20-22/h2,4-7,9-11,13H,3,8,12,14H2,1H3,(H,19,24). The minimum atomic E-state index is -0.0468. The number of aromatic nitrogens is 4. The third kappa shape index (κ3) is 4.10. The van der Waals surface area contributed by atoms with Crippen LogP contribution in [0.25, 0.3) is 0 Å². The Morgan fingerprint density at radius 2 is 2.08 bits per heavy atom. The van der Waals surface area contributed by atoms with Crippen molar-refractivity contribution < 1.29 is 4.79 Å². The van der Waals surface area contributed by atoms with Crippen molar-refractivity contribution in [3.05, 3.63) is 71.8 Å². The molecular weight excluding hydrogens is 302 g/mol. The molecule has 0 fully saturated rings. The van der Waals surface area contributed by atoms with Crippen molar-refractivity contribution in [3.8, 4) is 0 Å². The zero-order valence-electron chi connectivity index (χ0n) is 13.7. The predicted octanol–water partition coefficient (Wildman–Crippen LogP) is 2.26. The fraction of sp³-hybridized carbons (Fsp3) is 0.278. The van der Waals surface area contributed by atoms with Crippen LogP contribution in [0.5, 0.6) is 0 Å². The zero-order valence-corrected chi connectivity index (χ0v) is 13.7. The van der Waals surface area contributed by atoms with Gasteiger partial charge in [-0.05, 0) is 43.2 Å². The minimum absolute atomic E-state index is 0.0468. The highest BCUT2D eigenvalue weighted by Crippen LogP contribution is 2.07. The van der Waals surface area contributed by atoms with Gasteiger partial charge in [-0.25, -0.2) is 0 Å². The molecule has 0 aliphatic heterocycles. The number of amides is 1. The third-order valence-electron chi connectivity index (χ3n) is 3.85. The normalized spacial score (nSPS) is 10.7. The van der Waals surface area contributed by atoms with Crippen molar-refractivity contribution in [2.75, 3.05) is 6.54 Å². The van der Waals surface area contributed by atoms with Gasteiger partial charge in [-0.1, -0.05) is 12.1 Å². The summed E-state index contributed by atoms with van der Waals surface area (Å²) in [5.41, 5.74) is 2.86. The average molecular weight is 323 g/mol. The Balaban J connectivity index is 1.50. The van der Waals surface area contributed by atoms with E-state index in [1.165, 1.54) is 0 Å². The highest BCUT2D eigenvalue weighted by atomic mass is 16.1. The largest absolute Gasteiger partial charge is 0.352 e. The third-order valence-corrected chi connectivity index (χ3v) is 3.85. The number of benzene rings is 1. The molecule has 0 atom stereocenters. The minimum Gasteiger partial charge on any atom is -0.352 e. The van der Waals surface area contributed by atoms with Gasteiger partial charge in [0.15, 0.2) is 0 Å². The smallest absolute Gasteiger partial charge is 0.251 e. The van der Waals surface area contributed by atoms with E-state index in [-0.39, 0.29) is 5.91 Å². The van der Waals surface area contributed by atoms with Crippen LogP contribution in [-0.2, 0) is 13.1 Å². The van der Waals surface area contributed by atoms with Crippen LogP contribution < -0.4 is 5.32 Å². The number of rotatable bonds is 7. The lowest BCUT2D eigenvalue weighted by molar-refractivity contribution is 0.0952. The van der Waals surface area contributed by atoms with Gasteiger partial charge in [-0.3, -0.25) is 14.2 Å². The van der Waals surface area contributed by atoms with Gasteiger partial charge in [0.1, 0.15) is 0 Å². The summed E-state index contributed by atoms with van der Waals surface area (Å²) in [5.74, 6) is -0.0468. The second kappa shape index (κ2) is 7.59. The molecule has 1 amide bonds. The molecule has 124 valence electrons. The Kier molecular flexibility index (Phi) is 5.05. The summed E-state index contributed by atoms with van der Waals surface area (Å²) in [7, 11) is 0. The van der Waals surface area contributed by atoms with Gasteiger partial charge in [-0.15, -0.1) is 0 Å². The van der Waals surface area contributed by atoms with Gasteiger partial charge in [0, 0.05) is 42.9 Å². The molecule has 1 N–H and O–H groups in total. The maximum atomic E-state index is 12.3. The Bertz CT molecular complexity index is 791. The van der Waals surface area contributed by atoms with Crippen molar-refractivity contribution in [2.45, 2.75) is 26.4 Å². The van der Waals surface area contributed by atoms with E-state index in [1.54, 1.807) is 12.4 Å². The number of carbonyl (C=O) groups excluding carboxylic acids is 1. The second-order valence-corrected chi connectivity index (χ2v) is 5.71. The van der Waals surface area contributed by atoms with Crippen LogP contribution in [0.4, 0.5) is 0 Å². The molecule has 0 aliphatic carbocycles. The van der Waals surface area contributed by atoms with E-state index in [2.05, 4.69) is 15.5 Å². The number of nitrogens with zero attached hydrogens (tertiary/aromatic N) is 4. The first-order valence-electron chi connectivity index (χ1n) is 8.05. The van der Waals surface area contributed by atoms with Gasteiger partial charge in [0.25, 0.3) is 5.91 Å². The highest BCUT2D eigenvalue weighted by Gasteiger charge is 2.06. The van der Waals surface area contributed by atoms with Crippen molar-refractivity contribution >= 4 is 5.91 Å². The molecule has 0 saturated heterocycles. The van der Waals surface area contributed by atoms with E-state index in [4.69, 9.17) is 0 Å². The lowest BCUT2D eigenvalue weighted by Crippen LogP contribution is -2.25. The van der Waals surface area contributed by atoms with Crippen LogP contribution in [0.1, 0.15) is 28.0 Å². The molecule has 2 aromatic heterocycles. The predicted molar refractivity (Wildman–Crippen MR) is 91.7 cm³/mol. The van der Waals surface area contributed by atoms with Gasteiger partial charge in [-0.2, -0.15) is 10.2 Å². The van der Waals surface area contributed by atoms with E-state index >= 15 is 0 Å². The van der Waals surface area contributed by atoms with Crippen LogP contribution in [0.2, 0.25) is 0 Å². The summed E-state index contributed by atoms with van der Waals surface area (Å²) in [6.07, 6.45) is 6.29. The molecule has 24 heavy (non-hydrogen) atoms. The van der Waals surface area contributed by atoms with Gasteiger partial charge >= 0.3 is 0 Å². The van der Waals surface area contributed by atoms with E-state index in [0.717, 1.165) is 24.2 Å². The van der Waals surface area contributed by atoms with E-state index in [9.17, 15) is 4.79 Å². The number of nitrogens with one attached hydrogen (secondary N) is 1. The Morgan fingerprint density at radius 1 is 1.17 bits per heavy atom. The molecule has 0 saturated carbocycles. The molecule has 6 nitrogen and oxygen atoms in total. The van der Waals surface area contributed by atoms with E-state index in [0.29, 0.717) is 18.7 Å². The number of carbonyl (C=O) groups is 1. The molecule has 0 unspecified atom stereocenters. The Hall–Kier alpha value is -2.89. The second-order valence-electron chi connectivity index (χ2n) is 5.71. The van der Waals surface area contributed by atoms with E-state index in [1.807, 2.05) is 58.9 Å². The van der Waals surface area contributed by atoms with Gasteiger partial charge < -0.3 is 5.32 Å². The van der Waals surface area contributed by atoms with Crippen LogP contribution >= 0.6 is 0 Å². The van der Waals surface area contributed by atoms with Crippen LogP contribution in [0, 0.1) is 6.92 Å². The molecule has 0 radical (unpaired) electrons. The number of hydrogen-bond acceptors (Lipinski definition) is 3. The molecular formula is C18H21N5O. The molecule has 0 aliphatic rings. The summed E-state index contributed by atoms with van der Waals surface area (Å²) < 4.78 is 3.78. The summed E-state index contributed by atoms with van der Waals surface area (Å²) >= 11 is 0. The van der Waals surface area contributed by atoms with Crippen molar-refractivity contribution in [1.82, 2.24) is 24.9 Å². The molecule has 1 aromatic carbocycles. The summed E-state index contributed by atoms with van der Waals surface area (Å²) in [6.45, 7) is 4.11. The zero-order chi connectivity index (χ0) is 16.8. The fourth-order valence-electron chi connectivity index (χ4n) is 2.56. The summed E-state index contributed by atoms with van der Waals surface area (Å²) in [6, 6.07) is 11.5. The van der Waals surface area contributed by atoms with Crippen LogP contribution in [0.3, 0.4) is 0 Å². The molecule has 2 heterocycles. The first kappa shape index (κ1) is 16.0. The number of aryl methyl sites for hydroxylation is 2. The van der Waals surface area contributed by atoms with Crippen LogP contribution in [-0.4, -0.2) is 32.0 Å². The Labute approximate surface area is 141 Å².